The van der Waals surface area contributed by atoms with Crippen LogP contribution in [0, 0.1) is 29.9 Å². The summed E-state index contributed by atoms with van der Waals surface area (Å²) in [4.78, 5) is 13.3. The Labute approximate surface area is 200 Å². The zero-order valence-corrected chi connectivity index (χ0v) is 19.0. The molecule has 5 rings (SSSR count). The highest BCUT2D eigenvalue weighted by Crippen LogP contribution is 2.34. The Morgan fingerprint density at radius 1 is 1.14 bits per heavy atom. The van der Waals surface area contributed by atoms with E-state index in [-0.39, 0.29) is 33.9 Å². The molecule has 1 fully saturated rings. The van der Waals surface area contributed by atoms with Crippen LogP contribution in [-0.2, 0) is 6.54 Å². The Morgan fingerprint density at radius 3 is 2.66 bits per heavy atom. The number of benzene rings is 2. The SMILES string of the molecule is Cc1cc2c(F)c(Oc3ncnc(Nc4ccc(CN5CCNCC5)cc4)c3C#N)cc(F)c2[nH]1. The van der Waals surface area contributed by atoms with Gasteiger partial charge in [-0.25, -0.2) is 18.7 Å². The van der Waals surface area contributed by atoms with Gasteiger partial charge in [-0.1, -0.05) is 12.1 Å². The summed E-state index contributed by atoms with van der Waals surface area (Å²) in [5.41, 5.74) is 2.54. The number of ether oxygens (including phenoxy) is 1. The van der Waals surface area contributed by atoms with Crippen molar-refractivity contribution in [3.8, 4) is 17.7 Å². The van der Waals surface area contributed by atoms with Crippen LogP contribution < -0.4 is 15.4 Å². The van der Waals surface area contributed by atoms with Crippen LogP contribution in [0.1, 0.15) is 16.8 Å². The number of hydrogen-bond donors (Lipinski definition) is 3. The first-order chi connectivity index (χ1) is 17.0. The van der Waals surface area contributed by atoms with Gasteiger partial charge in [0.2, 0.25) is 5.88 Å². The van der Waals surface area contributed by atoms with Crippen molar-refractivity contribution in [1.82, 2.24) is 25.2 Å². The fraction of sp³-hybridized carbons (Fsp3) is 0.240. The Morgan fingerprint density at radius 2 is 1.91 bits per heavy atom. The topological polar surface area (TPSA) is 102 Å². The minimum absolute atomic E-state index is 0.0254. The van der Waals surface area contributed by atoms with E-state index in [1.165, 1.54) is 18.0 Å². The molecule has 178 valence electrons. The maximum absolute atomic E-state index is 15.0. The monoisotopic (exact) mass is 475 g/mol. The Hall–Kier alpha value is -4.07. The van der Waals surface area contributed by atoms with E-state index in [1.807, 2.05) is 30.3 Å². The van der Waals surface area contributed by atoms with Gasteiger partial charge in [0.1, 0.15) is 12.4 Å². The first-order valence-corrected chi connectivity index (χ1v) is 11.2. The van der Waals surface area contributed by atoms with Crippen LogP contribution in [0.5, 0.6) is 11.6 Å². The quantitative estimate of drug-likeness (QED) is 0.381. The van der Waals surface area contributed by atoms with Crippen molar-refractivity contribution in [1.29, 1.82) is 5.26 Å². The first kappa shape index (κ1) is 22.7. The normalized spacial score (nSPS) is 14.1. The van der Waals surface area contributed by atoms with Gasteiger partial charge in [0, 0.05) is 55.6 Å². The molecule has 0 bridgehead atoms. The predicted molar refractivity (Wildman–Crippen MR) is 128 cm³/mol. The lowest BCUT2D eigenvalue weighted by Crippen LogP contribution is -2.42. The molecule has 0 atom stereocenters. The third-order valence-corrected chi connectivity index (χ3v) is 5.87. The van der Waals surface area contributed by atoms with Crippen molar-refractivity contribution in [3.05, 3.63) is 71.2 Å². The number of halogens is 2. The number of rotatable bonds is 6. The van der Waals surface area contributed by atoms with E-state index < -0.39 is 11.6 Å². The molecular formula is C25H23F2N7O. The fourth-order valence-electron chi connectivity index (χ4n) is 4.11. The number of aromatic amines is 1. The molecule has 3 heterocycles. The molecule has 1 saturated heterocycles. The minimum Gasteiger partial charge on any atom is -0.434 e. The second-order valence-electron chi connectivity index (χ2n) is 8.38. The van der Waals surface area contributed by atoms with Crippen LogP contribution in [0.3, 0.4) is 0 Å². The van der Waals surface area contributed by atoms with Gasteiger partial charge < -0.3 is 20.4 Å². The van der Waals surface area contributed by atoms with Crippen molar-refractivity contribution in [2.24, 2.45) is 0 Å². The lowest BCUT2D eigenvalue weighted by Gasteiger charge is -2.27. The van der Waals surface area contributed by atoms with Gasteiger partial charge >= 0.3 is 0 Å². The van der Waals surface area contributed by atoms with Gasteiger partial charge in [0.15, 0.2) is 28.8 Å². The number of H-pyrrole nitrogens is 1. The largest absolute Gasteiger partial charge is 0.434 e. The minimum atomic E-state index is -0.747. The highest BCUT2D eigenvalue weighted by molar-refractivity contribution is 5.83. The van der Waals surface area contributed by atoms with Crippen LogP contribution in [0.2, 0.25) is 0 Å². The third kappa shape index (κ3) is 4.77. The summed E-state index contributed by atoms with van der Waals surface area (Å²) < 4.78 is 35.0. The second-order valence-corrected chi connectivity index (χ2v) is 8.38. The highest BCUT2D eigenvalue weighted by atomic mass is 19.1. The molecule has 8 nitrogen and oxygen atoms in total. The van der Waals surface area contributed by atoms with Gasteiger partial charge in [-0.3, -0.25) is 4.90 Å². The van der Waals surface area contributed by atoms with E-state index in [9.17, 15) is 14.0 Å². The number of piperazine rings is 1. The van der Waals surface area contributed by atoms with Gasteiger partial charge in [-0.2, -0.15) is 5.26 Å². The van der Waals surface area contributed by atoms with Crippen LogP contribution in [0.25, 0.3) is 10.9 Å². The molecule has 4 aromatic rings. The summed E-state index contributed by atoms with van der Waals surface area (Å²) >= 11 is 0. The van der Waals surface area contributed by atoms with Crippen LogP contribution >= 0.6 is 0 Å². The van der Waals surface area contributed by atoms with E-state index in [2.05, 4.69) is 30.5 Å². The molecular weight excluding hydrogens is 452 g/mol. The highest BCUT2D eigenvalue weighted by Gasteiger charge is 2.20. The number of anilines is 2. The smallest absolute Gasteiger partial charge is 0.242 e. The van der Waals surface area contributed by atoms with E-state index in [1.54, 1.807) is 6.92 Å². The van der Waals surface area contributed by atoms with Crippen molar-refractivity contribution >= 4 is 22.4 Å². The van der Waals surface area contributed by atoms with E-state index in [0.717, 1.165) is 44.5 Å². The lowest BCUT2D eigenvalue weighted by atomic mass is 10.1. The average Bonchev–Trinajstić information content (AvgIpc) is 3.27. The number of nitrogens with zero attached hydrogens (tertiary/aromatic N) is 4. The first-order valence-electron chi connectivity index (χ1n) is 11.2. The van der Waals surface area contributed by atoms with Crippen molar-refractivity contribution < 1.29 is 13.5 Å². The standard InChI is InChI=1S/C25H23F2N7O/c1-15-10-18-22(27)21(11-20(26)23(18)32-15)35-25-19(12-28)24(30-14-31-25)33-17-4-2-16(3-5-17)13-34-8-6-29-7-9-34/h2-5,10-11,14,29,32H,6-9,13H2,1H3,(H,30,31,33). The zero-order chi connectivity index (χ0) is 24.4. The lowest BCUT2D eigenvalue weighted by molar-refractivity contribution is 0.233. The molecule has 10 heteroatoms. The molecule has 1 aliphatic heterocycles. The molecule has 2 aromatic heterocycles. The summed E-state index contributed by atoms with van der Waals surface area (Å²) in [7, 11) is 0. The number of aromatic nitrogens is 3. The predicted octanol–water partition coefficient (Wildman–Crippen LogP) is 4.36. The fourth-order valence-corrected chi connectivity index (χ4v) is 4.11. The molecule has 0 aliphatic carbocycles. The maximum atomic E-state index is 15.0. The number of hydrogen-bond acceptors (Lipinski definition) is 7. The molecule has 2 aromatic carbocycles. The van der Waals surface area contributed by atoms with Crippen LogP contribution in [0.4, 0.5) is 20.3 Å². The summed E-state index contributed by atoms with van der Waals surface area (Å²) in [6.07, 6.45) is 1.20. The number of fused-ring (bicyclic) bond motifs is 1. The molecule has 0 radical (unpaired) electrons. The molecule has 0 unspecified atom stereocenters. The van der Waals surface area contributed by atoms with Gasteiger partial charge in [0.25, 0.3) is 0 Å². The summed E-state index contributed by atoms with van der Waals surface area (Å²) in [5, 5.41) is 16.2. The number of nitrogens with one attached hydrogen (secondary N) is 3. The molecule has 1 aliphatic rings. The number of nitriles is 1. The van der Waals surface area contributed by atoms with E-state index in [0.29, 0.717) is 5.69 Å². The zero-order valence-electron chi connectivity index (χ0n) is 19.0. The third-order valence-electron chi connectivity index (χ3n) is 5.87. The summed E-state index contributed by atoms with van der Waals surface area (Å²) in [6.45, 7) is 6.57. The Balaban J connectivity index is 1.37. The van der Waals surface area contributed by atoms with Crippen LogP contribution in [0.15, 0.2) is 42.7 Å². The van der Waals surface area contributed by atoms with Gasteiger partial charge in [-0.05, 0) is 30.7 Å². The van der Waals surface area contributed by atoms with E-state index >= 15 is 0 Å². The second kappa shape index (κ2) is 9.66. The molecule has 0 saturated carbocycles. The van der Waals surface area contributed by atoms with Crippen molar-refractivity contribution in [2.75, 3.05) is 31.5 Å². The Bertz CT molecular complexity index is 1410. The van der Waals surface area contributed by atoms with Crippen molar-refractivity contribution in [2.45, 2.75) is 13.5 Å². The van der Waals surface area contributed by atoms with E-state index in [4.69, 9.17) is 4.74 Å². The number of aryl methyl sites for hydroxylation is 1. The summed E-state index contributed by atoms with van der Waals surface area (Å²) in [6, 6.07) is 12.3. The molecule has 0 amide bonds. The van der Waals surface area contributed by atoms with Crippen LogP contribution in [-0.4, -0.2) is 46.0 Å². The summed E-state index contributed by atoms with van der Waals surface area (Å²) in [5.74, 6) is -1.76. The van der Waals surface area contributed by atoms with Crippen molar-refractivity contribution in [3.63, 3.8) is 0 Å². The molecule has 0 spiro atoms. The molecule has 3 N–H and O–H groups in total. The van der Waals surface area contributed by atoms with Gasteiger partial charge in [-0.15, -0.1) is 0 Å². The molecule has 35 heavy (non-hydrogen) atoms. The Kier molecular flexibility index (Phi) is 6.27. The average molecular weight is 476 g/mol. The van der Waals surface area contributed by atoms with Gasteiger partial charge in [0.05, 0.1) is 5.52 Å². The maximum Gasteiger partial charge on any atom is 0.242 e.